The molecule has 1 atom stereocenters. The summed E-state index contributed by atoms with van der Waals surface area (Å²) in [6.45, 7) is 7.35. The Kier molecular flexibility index (Phi) is 8.75. The van der Waals surface area contributed by atoms with Crippen LogP contribution in [-0.4, -0.2) is 61.1 Å². The molecule has 2 heterocycles. The number of amides is 1. The van der Waals surface area contributed by atoms with Crippen molar-refractivity contribution in [1.82, 2.24) is 9.80 Å². The maximum atomic E-state index is 13.0. The van der Waals surface area contributed by atoms with Crippen LogP contribution in [0.4, 0.5) is 0 Å². The average molecular weight is 505 g/mol. The second-order valence-electron chi connectivity index (χ2n) is 9.56. The van der Waals surface area contributed by atoms with E-state index in [0.717, 1.165) is 49.4 Å². The fraction of sp³-hybridized carbons (Fsp3) is 0.519. The lowest BCUT2D eigenvalue weighted by molar-refractivity contribution is -0.133. The van der Waals surface area contributed by atoms with Crippen molar-refractivity contribution in [3.05, 3.63) is 63.1 Å². The van der Waals surface area contributed by atoms with E-state index in [1.54, 1.807) is 0 Å². The fourth-order valence-corrected chi connectivity index (χ4v) is 5.51. The monoisotopic (exact) mass is 503 g/mol. The van der Waals surface area contributed by atoms with Gasteiger partial charge in [-0.2, -0.15) is 0 Å². The van der Waals surface area contributed by atoms with E-state index in [1.165, 1.54) is 18.4 Å². The lowest BCUT2D eigenvalue weighted by Gasteiger charge is -2.34. The third kappa shape index (κ3) is 6.45. The summed E-state index contributed by atoms with van der Waals surface area (Å²) in [5.41, 5.74) is 9.64. The minimum atomic E-state index is -0.545. The smallest absolute Gasteiger partial charge is 0.239 e. The summed E-state index contributed by atoms with van der Waals surface area (Å²) < 4.78 is 6.20. The van der Waals surface area contributed by atoms with Crippen molar-refractivity contribution in [2.75, 3.05) is 39.3 Å². The number of ether oxygens (including phenoxy) is 1. The second-order valence-corrected chi connectivity index (χ2v) is 10.4. The van der Waals surface area contributed by atoms with E-state index >= 15 is 0 Å². The van der Waals surface area contributed by atoms with Crippen molar-refractivity contribution < 1.29 is 9.53 Å². The molecule has 2 N–H and O–H groups in total. The van der Waals surface area contributed by atoms with Crippen LogP contribution < -0.4 is 10.5 Å². The Morgan fingerprint density at radius 3 is 2.44 bits per heavy atom. The Bertz CT molecular complexity index is 986. The molecule has 2 aromatic carbocycles. The molecule has 0 bridgehead atoms. The Morgan fingerprint density at radius 1 is 1.06 bits per heavy atom. The molecule has 0 unspecified atom stereocenters. The van der Waals surface area contributed by atoms with Crippen molar-refractivity contribution >= 4 is 29.1 Å². The van der Waals surface area contributed by atoms with Crippen LogP contribution in [0, 0.1) is 6.92 Å². The first-order valence-corrected chi connectivity index (χ1v) is 13.1. The van der Waals surface area contributed by atoms with Crippen molar-refractivity contribution in [3.63, 3.8) is 0 Å². The zero-order valence-corrected chi connectivity index (χ0v) is 21.5. The molecule has 0 saturated carbocycles. The van der Waals surface area contributed by atoms with Gasteiger partial charge in [-0.1, -0.05) is 35.3 Å². The molecule has 2 saturated heterocycles. The number of halogens is 2. The van der Waals surface area contributed by atoms with Crippen LogP contribution in [0.2, 0.25) is 10.0 Å². The van der Waals surface area contributed by atoms with Crippen LogP contribution in [0.25, 0.3) is 0 Å². The molecule has 2 fully saturated rings. The first-order valence-electron chi connectivity index (χ1n) is 12.3. The normalized spacial score (nSPS) is 18.3. The van der Waals surface area contributed by atoms with Gasteiger partial charge in [-0.25, -0.2) is 0 Å². The summed E-state index contributed by atoms with van der Waals surface area (Å²) >= 11 is 12.3. The number of hydrogen-bond donors (Lipinski definition) is 1. The third-order valence-corrected chi connectivity index (χ3v) is 7.62. The van der Waals surface area contributed by atoms with Crippen molar-refractivity contribution in [3.8, 4) is 5.75 Å². The summed E-state index contributed by atoms with van der Waals surface area (Å²) in [7, 11) is 0. The lowest BCUT2D eigenvalue weighted by Crippen LogP contribution is -2.47. The average Bonchev–Trinajstić information content (AvgIpc) is 3.34. The molecule has 2 aliphatic heterocycles. The van der Waals surface area contributed by atoms with Gasteiger partial charge in [0.1, 0.15) is 12.4 Å². The van der Waals surface area contributed by atoms with Gasteiger partial charge >= 0.3 is 0 Å². The highest BCUT2D eigenvalue weighted by Crippen LogP contribution is 2.36. The van der Waals surface area contributed by atoms with Gasteiger partial charge in [0.25, 0.3) is 0 Å². The number of rotatable bonds is 8. The number of piperidine rings is 1. The van der Waals surface area contributed by atoms with Gasteiger partial charge in [0.05, 0.1) is 6.04 Å². The molecule has 7 heteroatoms. The highest BCUT2D eigenvalue weighted by Gasteiger charge is 2.29. The molecule has 5 nitrogen and oxygen atoms in total. The number of benzene rings is 2. The molecule has 2 aromatic rings. The maximum absolute atomic E-state index is 13.0. The van der Waals surface area contributed by atoms with Crippen LogP contribution in [0.5, 0.6) is 5.75 Å². The number of nitrogens with two attached hydrogens (primary N) is 1. The summed E-state index contributed by atoms with van der Waals surface area (Å²) in [4.78, 5) is 17.4. The van der Waals surface area contributed by atoms with Gasteiger partial charge in [-0.15, -0.1) is 0 Å². The number of likely N-dealkylation sites (tertiary alicyclic amines) is 2. The van der Waals surface area contributed by atoms with Crippen molar-refractivity contribution in [2.24, 2.45) is 5.73 Å². The first kappa shape index (κ1) is 25.3. The molecule has 0 spiro atoms. The highest BCUT2D eigenvalue weighted by molar-refractivity contribution is 6.31. The number of aryl methyl sites for hydroxylation is 1. The lowest BCUT2D eigenvalue weighted by atomic mass is 9.88. The standard InChI is InChI=1S/C27H35Cl2N3O2/c1-19-16-22(28)5-4-21(19)17-25(30)27(33)32-12-8-20(9-13-32)24-7-6-23(29)18-26(24)34-15-14-31-10-2-3-11-31/h4-7,16,18,20,25H,2-3,8-15,17,30H2,1H3/t25-/m1/s1. The minimum Gasteiger partial charge on any atom is -0.492 e. The summed E-state index contributed by atoms with van der Waals surface area (Å²) in [6.07, 6.45) is 4.87. The molecular formula is C27H35Cl2N3O2. The fourth-order valence-electron chi connectivity index (χ4n) is 5.12. The zero-order valence-electron chi connectivity index (χ0n) is 19.9. The SMILES string of the molecule is Cc1cc(Cl)ccc1C[C@@H](N)C(=O)N1CCC(c2ccc(Cl)cc2OCCN2CCCC2)CC1. The molecular weight excluding hydrogens is 469 g/mol. The van der Waals surface area contributed by atoms with Gasteiger partial charge in [0, 0.05) is 29.7 Å². The van der Waals surface area contributed by atoms with Crippen molar-refractivity contribution in [2.45, 2.75) is 51.0 Å². The second kappa shape index (κ2) is 11.8. The molecule has 34 heavy (non-hydrogen) atoms. The van der Waals surface area contributed by atoms with Gasteiger partial charge in [0.2, 0.25) is 5.91 Å². The number of nitrogens with zero attached hydrogens (tertiary/aromatic N) is 2. The number of carbonyl (C=O) groups excluding carboxylic acids is 1. The van der Waals surface area contributed by atoms with Gasteiger partial charge in [-0.3, -0.25) is 9.69 Å². The van der Waals surface area contributed by atoms with Crippen LogP contribution in [0.3, 0.4) is 0 Å². The van der Waals surface area contributed by atoms with Gasteiger partial charge < -0.3 is 15.4 Å². The van der Waals surface area contributed by atoms with Crippen LogP contribution in [0.15, 0.2) is 36.4 Å². The Morgan fingerprint density at radius 2 is 1.74 bits per heavy atom. The first-order chi connectivity index (χ1) is 16.4. The van der Waals surface area contributed by atoms with E-state index in [2.05, 4.69) is 11.0 Å². The topological polar surface area (TPSA) is 58.8 Å². The summed E-state index contributed by atoms with van der Waals surface area (Å²) in [5.74, 6) is 1.25. The molecule has 1 amide bonds. The highest BCUT2D eigenvalue weighted by atomic mass is 35.5. The van der Waals surface area contributed by atoms with Gasteiger partial charge in [-0.05, 0) is 99.0 Å². The van der Waals surface area contributed by atoms with Crippen LogP contribution in [0.1, 0.15) is 48.3 Å². The number of hydrogen-bond acceptors (Lipinski definition) is 4. The largest absolute Gasteiger partial charge is 0.492 e. The van der Waals surface area contributed by atoms with Crippen LogP contribution in [-0.2, 0) is 11.2 Å². The molecule has 0 radical (unpaired) electrons. The van der Waals surface area contributed by atoms with E-state index < -0.39 is 6.04 Å². The Balaban J connectivity index is 1.32. The van der Waals surface area contributed by atoms with E-state index in [1.807, 2.05) is 42.2 Å². The van der Waals surface area contributed by atoms with Crippen molar-refractivity contribution in [1.29, 1.82) is 0 Å². The van der Waals surface area contributed by atoms with Crippen LogP contribution >= 0.6 is 23.2 Å². The quantitative estimate of drug-likeness (QED) is 0.547. The molecule has 2 aliphatic rings. The predicted octanol–water partition coefficient (Wildman–Crippen LogP) is 5.05. The third-order valence-electron chi connectivity index (χ3n) is 7.15. The molecule has 4 rings (SSSR count). The Labute approximate surface area is 213 Å². The summed E-state index contributed by atoms with van der Waals surface area (Å²) in [6, 6.07) is 11.1. The maximum Gasteiger partial charge on any atom is 0.239 e. The molecule has 0 aliphatic carbocycles. The summed E-state index contributed by atoms with van der Waals surface area (Å²) in [5, 5.41) is 1.39. The van der Waals surface area contributed by atoms with E-state index in [-0.39, 0.29) is 5.91 Å². The Hall–Kier alpha value is -1.79. The predicted molar refractivity (Wildman–Crippen MR) is 139 cm³/mol. The zero-order chi connectivity index (χ0) is 24.1. The molecule has 0 aromatic heterocycles. The van der Waals surface area contributed by atoms with Gasteiger partial charge in [0.15, 0.2) is 0 Å². The minimum absolute atomic E-state index is 0.0194. The van der Waals surface area contributed by atoms with E-state index in [9.17, 15) is 4.79 Å². The van der Waals surface area contributed by atoms with E-state index in [4.69, 9.17) is 33.7 Å². The molecule has 184 valence electrons. The van der Waals surface area contributed by atoms with E-state index in [0.29, 0.717) is 42.1 Å². The number of carbonyl (C=O) groups is 1.